The van der Waals surface area contributed by atoms with Crippen LogP contribution in [0, 0.1) is 0 Å². The van der Waals surface area contributed by atoms with Crippen molar-refractivity contribution in [3.05, 3.63) is 35.9 Å². The van der Waals surface area contributed by atoms with Gasteiger partial charge in [0.1, 0.15) is 13.2 Å². The summed E-state index contributed by atoms with van der Waals surface area (Å²) >= 11 is 0. The maximum absolute atomic E-state index is 12.1. The maximum atomic E-state index is 12.1. The fourth-order valence-electron chi connectivity index (χ4n) is 2.39. The molecule has 1 unspecified atom stereocenters. The fourth-order valence-corrected chi connectivity index (χ4v) is 2.39. The van der Waals surface area contributed by atoms with Crippen LogP contribution in [0.5, 0.6) is 0 Å². The second kappa shape index (κ2) is 9.12. The highest BCUT2D eigenvalue weighted by Gasteiger charge is 2.24. The lowest BCUT2D eigenvalue weighted by molar-refractivity contribution is -0.122. The largest absolute Gasteiger partial charge is 0.445 e. The van der Waals surface area contributed by atoms with Gasteiger partial charge < -0.3 is 25.4 Å². The Balaban J connectivity index is 1.70. The Labute approximate surface area is 135 Å². The van der Waals surface area contributed by atoms with E-state index in [-0.39, 0.29) is 25.3 Å². The minimum absolute atomic E-state index is 0.0739. The van der Waals surface area contributed by atoms with Gasteiger partial charge in [0.2, 0.25) is 5.91 Å². The van der Waals surface area contributed by atoms with Gasteiger partial charge in [-0.15, -0.1) is 0 Å². The van der Waals surface area contributed by atoms with Crippen LogP contribution in [0.2, 0.25) is 0 Å². The molecule has 1 heterocycles. The first-order valence-corrected chi connectivity index (χ1v) is 7.70. The van der Waals surface area contributed by atoms with E-state index in [1.54, 1.807) is 4.90 Å². The quantitative estimate of drug-likeness (QED) is 0.713. The molecule has 0 radical (unpaired) electrons. The lowest BCUT2D eigenvalue weighted by Crippen LogP contribution is -2.53. The van der Waals surface area contributed by atoms with E-state index in [4.69, 9.17) is 15.2 Å². The Kier molecular flexibility index (Phi) is 6.83. The monoisotopic (exact) mass is 321 g/mol. The van der Waals surface area contributed by atoms with Crippen LogP contribution in [-0.2, 0) is 20.9 Å². The van der Waals surface area contributed by atoms with Gasteiger partial charge in [0.15, 0.2) is 0 Å². The first kappa shape index (κ1) is 17.2. The molecule has 23 heavy (non-hydrogen) atoms. The molecule has 2 rings (SSSR count). The van der Waals surface area contributed by atoms with Crippen LogP contribution in [0.25, 0.3) is 0 Å². The van der Waals surface area contributed by atoms with E-state index in [0.717, 1.165) is 5.56 Å². The molecule has 0 saturated carbocycles. The van der Waals surface area contributed by atoms with Crippen LogP contribution >= 0.6 is 0 Å². The van der Waals surface area contributed by atoms with Crippen molar-refractivity contribution in [2.75, 3.05) is 32.8 Å². The van der Waals surface area contributed by atoms with Gasteiger partial charge >= 0.3 is 6.09 Å². The Hall–Kier alpha value is -2.12. The standard InChI is InChI=1S/C16H23N3O4/c17-15(20)12-22-9-6-14-10-19(8-7-18-14)16(21)23-11-13-4-2-1-3-5-13/h1-5,14,18H,6-12H2,(H2,17,20). The summed E-state index contributed by atoms with van der Waals surface area (Å²) in [5, 5.41) is 3.32. The first-order valence-electron chi connectivity index (χ1n) is 7.70. The first-order chi connectivity index (χ1) is 11.1. The third-order valence-corrected chi connectivity index (χ3v) is 3.57. The number of hydrogen-bond donors (Lipinski definition) is 2. The van der Waals surface area contributed by atoms with Crippen LogP contribution in [0.1, 0.15) is 12.0 Å². The molecule has 3 N–H and O–H groups in total. The molecule has 0 bridgehead atoms. The highest BCUT2D eigenvalue weighted by molar-refractivity contribution is 5.74. The van der Waals surface area contributed by atoms with E-state index in [1.165, 1.54) is 0 Å². The summed E-state index contributed by atoms with van der Waals surface area (Å²) < 4.78 is 10.5. The molecule has 0 aromatic heterocycles. The molecule has 1 saturated heterocycles. The number of piperazine rings is 1. The fraction of sp³-hybridized carbons (Fsp3) is 0.500. The van der Waals surface area contributed by atoms with Gasteiger partial charge in [-0.05, 0) is 12.0 Å². The number of nitrogens with two attached hydrogens (primary N) is 1. The minimum atomic E-state index is -0.479. The minimum Gasteiger partial charge on any atom is -0.445 e. The molecule has 1 aromatic carbocycles. The topological polar surface area (TPSA) is 93.9 Å². The smallest absolute Gasteiger partial charge is 0.410 e. The summed E-state index contributed by atoms with van der Waals surface area (Å²) in [4.78, 5) is 24.4. The zero-order valence-corrected chi connectivity index (χ0v) is 13.1. The molecule has 1 fully saturated rings. The van der Waals surface area contributed by atoms with Crippen molar-refractivity contribution in [2.45, 2.75) is 19.1 Å². The molecule has 7 nitrogen and oxygen atoms in total. The number of carbonyl (C=O) groups is 2. The number of hydrogen-bond acceptors (Lipinski definition) is 5. The van der Waals surface area contributed by atoms with Gasteiger partial charge in [-0.2, -0.15) is 0 Å². The van der Waals surface area contributed by atoms with Crippen molar-refractivity contribution >= 4 is 12.0 Å². The lowest BCUT2D eigenvalue weighted by Gasteiger charge is -2.33. The molecular formula is C16H23N3O4. The van der Waals surface area contributed by atoms with Gasteiger partial charge in [0.05, 0.1) is 0 Å². The Morgan fingerprint density at radius 3 is 2.83 bits per heavy atom. The highest BCUT2D eigenvalue weighted by atomic mass is 16.6. The van der Waals surface area contributed by atoms with E-state index in [2.05, 4.69) is 5.32 Å². The summed E-state index contributed by atoms with van der Waals surface area (Å²) in [7, 11) is 0. The number of carbonyl (C=O) groups excluding carboxylic acids is 2. The van der Waals surface area contributed by atoms with Gasteiger partial charge in [-0.1, -0.05) is 30.3 Å². The molecule has 1 aliphatic heterocycles. The highest BCUT2D eigenvalue weighted by Crippen LogP contribution is 2.07. The van der Waals surface area contributed by atoms with Crippen molar-refractivity contribution in [3.8, 4) is 0 Å². The molecule has 1 aromatic rings. The third kappa shape index (κ3) is 6.25. The summed E-state index contributed by atoms with van der Waals surface area (Å²) in [6, 6.07) is 9.72. The Morgan fingerprint density at radius 1 is 1.30 bits per heavy atom. The average Bonchev–Trinajstić information content (AvgIpc) is 2.57. The predicted molar refractivity (Wildman–Crippen MR) is 84.6 cm³/mol. The summed E-state index contributed by atoms with van der Waals surface area (Å²) in [5.74, 6) is -0.479. The molecule has 1 atom stereocenters. The number of benzene rings is 1. The number of ether oxygens (including phenoxy) is 2. The molecule has 1 aliphatic rings. The molecule has 0 aliphatic carbocycles. The van der Waals surface area contributed by atoms with Crippen molar-refractivity contribution in [1.29, 1.82) is 0 Å². The molecule has 0 spiro atoms. The van der Waals surface area contributed by atoms with E-state index >= 15 is 0 Å². The van der Waals surface area contributed by atoms with Crippen LogP contribution < -0.4 is 11.1 Å². The number of nitrogens with one attached hydrogen (secondary N) is 1. The SMILES string of the molecule is NC(=O)COCCC1CN(C(=O)OCc2ccccc2)CCN1. The van der Waals surface area contributed by atoms with Gasteiger partial charge in [0.25, 0.3) is 0 Å². The maximum Gasteiger partial charge on any atom is 0.410 e. The number of rotatable bonds is 7. The zero-order chi connectivity index (χ0) is 16.5. The van der Waals surface area contributed by atoms with Crippen molar-refractivity contribution in [3.63, 3.8) is 0 Å². The van der Waals surface area contributed by atoms with Crippen molar-refractivity contribution in [1.82, 2.24) is 10.2 Å². The molecule has 7 heteroatoms. The lowest BCUT2D eigenvalue weighted by atomic mass is 10.1. The van der Waals surface area contributed by atoms with Crippen LogP contribution in [0.4, 0.5) is 4.79 Å². The van der Waals surface area contributed by atoms with Crippen molar-refractivity contribution in [2.24, 2.45) is 5.73 Å². The van der Waals surface area contributed by atoms with E-state index in [9.17, 15) is 9.59 Å². The van der Waals surface area contributed by atoms with Crippen molar-refractivity contribution < 1.29 is 19.1 Å². The Morgan fingerprint density at radius 2 is 2.09 bits per heavy atom. The second-order valence-corrected chi connectivity index (χ2v) is 5.44. The van der Waals surface area contributed by atoms with E-state index in [1.807, 2.05) is 30.3 Å². The molecular weight excluding hydrogens is 298 g/mol. The molecule has 2 amide bonds. The zero-order valence-electron chi connectivity index (χ0n) is 13.1. The third-order valence-electron chi connectivity index (χ3n) is 3.57. The van der Waals surface area contributed by atoms with Gasteiger partial charge in [0, 0.05) is 32.3 Å². The normalized spacial score (nSPS) is 17.7. The van der Waals surface area contributed by atoms with E-state index in [0.29, 0.717) is 32.7 Å². The summed E-state index contributed by atoms with van der Waals surface area (Å²) in [5.41, 5.74) is 5.97. The van der Waals surface area contributed by atoms with Gasteiger partial charge in [-0.3, -0.25) is 4.79 Å². The summed E-state index contributed by atoms with van der Waals surface area (Å²) in [6.45, 7) is 2.51. The predicted octanol–water partition coefficient (Wildman–Crippen LogP) is 0.489. The van der Waals surface area contributed by atoms with Crippen LogP contribution in [0.3, 0.4) is 0 Å². The van der Waals surface area contributed by atoms with E-state index < -0.39 is 5.91 Å². The molecule has 126 valence electrons. The average molecular weight is 321 g/mol. The van der Waals surface area contributed by atoms with Gasteiger partial charge in [-0.25, -0.2) is 4.79 Å². The number of primary amides is 1. The van der Waals surface area contributed by atoms with Crippen LogP contribution in [0.15, 0.2) is 30.3 Å². The van der Waals surface area contributed by atoms with Crippen LogP contribution in [-0.4, -0.2) is 55.8 Å². The number of nitrogens with zero attached hydrogens (tertiary/aromatic N) is 1. The number of amides is 2. The summed E-state index contributed by atoms with van der Waals surface area (Å²) in [6.07, 6.45) is 0.397. The second-order valence-electron chi connectivity index (χ2n) is 5.44. The Bertz CT molecular complexity index is 509.